The van der Waals surface area contributed by atoms with Crippen LogP contribution < -0.4 is 10.6 Å². The van der Waals surface area contributed by atoms with Gasteiger partial charge < -0.3 is 20.5 Å². The molecule has 0 saturated heterocycles. The minimum atomic E-state index is -1.04. The van der Waals surface area contributed by atoms with E-state index in [1.807, 2.05) is 0 Å². The number of hydrogen-bond donors (Lipinski definition) is 3. The third kappa shape index (κ3) is 7.90. The van der Waals surface area contributed by atoms with Gasteiger partial charge >= 0.3 is 5.97 Å². The van der Waals surface area contributed by atoms with E-state index in [0.29, 0.717) is 13.2 Å². The molecule has 0 aliphatic rings. The summed E-state index contributed by atoms with van der Waals surface area (Å²) in [6.45, 7) is 2.81. The predicted octanol–water partition coefficient (Wildman–Crippen LogP) is -0.798. The van der Waals surface area contributed by atoms with Gasteiger partial charge in [-0.15, -0.1) is 0 Å². The lowest BCUT2D eigenvalue weighted by molar-refractivity contribution is -0.141. The lowest BCUT2D eigenvalue weighted by atomic mass is 10.3. The molecule has 0 aromatic carbocycles. The number of rotatable bonds is 8. The Hall–Kier alpha value is -1.14. The molecule has 0 aromatic heterocycles. The van der Waals surface area contributed by atoms with Gasteiger partial charge in [0, 0.05) is 27.2 Å². The molecular weight excluding hydrogens is 200 g/mol. The molecular formula is C9H18N2O4. The van der Waals surface area contributed by atoms with Gasteiger partial charge in [-0.2, -0.15) is 0 Å². The first-order valence-electron chi connectivity index (χ1n) is 4.77. The van der Waals surface area contributed by atoms with Crippen LogP contribution in [0.5, 0.6) is 0 Å². The van der Waals surface area contributed by atoms with Crippen LogP contribution in [-0.2, 0) is 14.3 Å². The fraction of sp³-hybridized carbons (Fsp3) is 0.778. The lowest BCUT2D eigenvalue weighted by Gasteiger charge is -2.13. The van der Waals surface area contributed by atoms with Crippen molar-refractivity contribution in [1.29, 1.82) is 0 Å². The van der Waals surface area contributed by atoms with E-state index >= 15 is 0 Å². The van der Waals surface area contributed by atoms with Crippen LogP contribution in [0.25, 0.3) is 0 Å². The van der Waals surface area contributed by atoms with E-state index in [4.69, 9.17) is 9.84 Å². The normalized spacial score (nSPS) is 12.1. The largest absolute Gasteiger partial charge is 0.480 e. The van der Waals surface area contributed by atoms with Gasteiger partial charge in [0.1, 0.15) is 6.04 Å². The average Bonchev–Trinajstić information content (AvgIpc) is 2.15. The number of hydrogen-bond acceptors (Lipinski definition) is 4. The molecule has 0 aliphatic carbocycles. The highest BCUT2D eigenvalue weighted by Gasteiger charge is 2.16. The summed E-state index contributed by atoms with van der Waals surface area (Å²) in [7, 11) is 1.61. The Balaban J connectivity index is 3.67. The second-order valence-electron chi connectivity index (χ2n) is 3.14. The zero-order chi connectivity index (χ0) is 11.7. The number of ether oxygens (including phenoxy) is 1. The van der Waals surface area contributed by atoms with Crippen LogP contribution in [-0.4, -0.2) is 49.8 Å². The first kappa shape index (κ1) is 13.9. The highest BCUT2D eigenvalue weighted by atomic mass is 16.5. The predicted molar refractivity (Wildman–Crippen MR) is 54.6 cm³/mol. The van der Waals surface area contributed by atoms with Crippen LogP contribution in [0.4, 0.5) is 0 Å². The molecule has 1 amide bonds. The van der Waals surface area contributed by atoms with E-state index in [2.05, 4.69) is 10.6 Å². The van der Waals surface area contributed by atoms with Gasteiger partial charge in [0.2, 0.25) is 5.91 Å². The zero-order valence-electron chi connectivity index (χ0n) is 9.08. The van der Waals surface area contributed by atoms with Crippen molar-refractivity contribution in [2.75, 3.05) is 26.8 Å². The summed E-state index contributed by atoms with van der Waals surface area (Å²) in [5.74, 6) is -1.38. The van der Waals surface area contributed by atoms with E-state index in [1.54, 1.807) is 7.11 Å². The third-order valence-electron chi connectivity index (χ3n) is 1.73. The van der Waals surface area contributed by atoms with Gasteiger partial charge in [-0.1, -0.05) is 0 Å². The molecule has 1 atom stereocenters. The smallest absolute Gasteiger partial charge is 0.327 e. The Labute approximate surface area is 89.0 Å². The van der Waals surface area contributed by atoms with Crippen LogP contribution >= 0.6 is 0 Å². The van der Waals surface area contributed by atoms with Crippen molar-refractivity contribution in [2.24, 2.45) is 0 Å². The molecule has 0 aliphatic heterocycles. The van der Waals surface area contributed by atoms with E-state index < -0.39 is 12.0 Å². The maximum absolute atomic E-state index is 10.7. The molecule has 0 aromatic rings. The van der Waals surface area contributed by atoms with E-state index in [0.717, 1.165) is 6.42 Å². The molecule has 88 valence electrons. The van der Waals surface area contributed by atoms with E-state index in [9.17, 15) is 9.59 Å². The van der Waals surface area contributed by atoms with Gasteiger partial charge in [0.05, 0.1) is 0 Å². The minimum absolute atomic E-state index is 0.221. The molecule has 1 unspecified atom stereocenters. The maximum Gasteiger partial charge on any atom is 0.327 e. The SMILES string of the molecule is COCCCNCC(NC(C)=O)C(=O)O. The molecule has 0 bridgehead atoms. The first-order valence-corrected chi connectivity index (χ1v) is 4.77. The third-order valence-corrected chi connectivity index (χ3v) is 1.73. The average molecular weight is 218 g/mol. The fourth-order valence-electron chi connectivity index (χ4n) is 1.03. The molecule has 6 heteroatoms. The number of methoxy groups -OCH3 is 1. The van der Waals surface area contributed by atoms with Crippen molar-refractivity contribution in [2.45, 2.75) is 19.4 Å². The standard InChI is InChI=1S/C9H18N2O4/c1-7(12)11-8(9(13)14)6-10-4-3-5-15-2/h8,10H,3-6H2,1-2H3,(H,11,12)(H,13,14). The summed E-state index contributed by atoms with van der Waals surface area (Å²) in [5.41, 5.74) is 0. The van der Waals surface area contributed by atoms with Crippen LogP contribution in [0.2, 0.25) is 0 Å². The van der Waals surface area contributed by atoms with Crippen molar-refractivity contribution in [3.05, 3.63) is 0 Å². The molecule has 0 radical (unpaired) electrons. The van der Waals surface area contributed by atoms with Gasteiger partial charge in [0.25, 0.3) is 0 Å². The number of carboxylic acid groups (broad SMARTS) is 1. The Kier molecular flexibility index (Phi) is 7.57. The Bertz CT molecular complexity index is 208. The molecule has 15 heavy (non-hydrogen) atoms. The van der Waals surface area contributed by atoms with Crippen molar-refractivity contribution < 1.29 is 19.4 Å². The maximum atomic E-state index is 10.7. The zero-order valence-corrected chi connectivity index (χ0v) is 9.08. The molecule has 0 saturated carbocycles. The number of nitrogens with one attached hydrogen (secondary N) is 2. The summed E-state index contributed by atoms with van der Waals surface area (Å²) < 4.78 is 4.83. The topological polar surface area (TPSA) is 87.7 Å². The van der Waals surface area contributed by atoms with E-state index in [-0.39, 0.29) is 12.5 Å². The number of carbonyl (C=O) groups excluding carboxylic acids is 1. The molecule has 0 spiro atoms. The van der Waals surface area contributed by atoms with Crippen molar-refractivity contribution >= 4 is 11.9 Å². The van der Waals surface area contributed by atoms with E-state index in [1.165, 1.54) is 6.92 Å². The molecule has 0 rings (SSSR count). The van der Waals surface area contributed by atoms with Gasteiger partial charge in [-0.3, -0.25) is 4.79 Å². The second kappa shape index (κ2) is 8.19. The minimum Gasteiger partial charge on any atom is -0.480 e. The Morgan fingerprint density at radius 3 is 2.60 bits per heavy atom. The van der Waals surface area contributed by atoms with Crippen LogP contribution in [0, 0.1) is 0 Å². The van der Waals surface area contributed by atoms with Crippen LogP contribution in [0.1, 0.15) is 13.3 Å². The van der Waals surface area contributed by atoms with Crippen molar-refractivity contribution in [3.8, 4) is 0 Å². The lowest BCUT2D eigenvalue weighted by Crippen LogP contribution is -2.46. The summed E-state index contributed by atoms with van der Waals surface area (Å²) in [6.07, 6.45) is 0.808. The van der Waals surface area contributed by atoms with Gasteiger partial charge in [-0.05, 0) is 13.0 Å². The highest BCUT2D eigenvalue weighted by Crippen LogP contribution is 1.84. The van der Waals surface area contributed by atoms with Crippen molar-refractivity contribution in [3.63, 3.8) is 0 Å². The van der Waals surface area contributed by atoms with Crippen LogP contribution in [0.15, 0.2) is 0 Å². The summed E-state index contributed by atoms with van der Waals surface area (Å²) >= 11 is 0. The monoisotopic (exact) mass is 218 g/mol. The molecule has 0 heterocycles. The molecule has 0 fully saturated rings. The number of carboxylic acids is 1. The Morgan fingerprint density at radius 1 is 1.47 bits per heavy atom. The van der Waals surface area contributed by atoms with Crippen molar-refractivity contribution in [1.82, 2.24) is 10.6 Å². The summed E-state index contributed by atoms with van der Waals surface area (Å²) in [4.78, 5) is 21.3. The fourth-order valence-corrected chi connectivity index (χ4v) is 1.03. The second-order valence-corrected chi connectivity index (χ2v) is 3.14. The molecule has 6 nitrogen and oxygen atoms in total. The van der Waals surface area contributed by atoms with Gasteiger partial charge in [-0.25, -0.2) is 4.79 Å². The molecule has 3 N–H and O–H groups in total. The highest BCUT2D eigenvalue weighted by molar-refractivity contribution is 5.82. The first-order chi connectivity index (χ1) is 7.07. The quantitative estimate of drug-likeness (QED) is 0.464. The summed E-state index contributed by atoms with van der Waals surface area (Å²) in [5, 5.41) is 14.0. The number of aliphatic carboxylic acids is 1. The van der Waals surface area contributed by atoms with Gasteiger partial charge in [0.15, 0.2) is 0 Å². The number of amides is 1. The summed E-state index contributed by atoms with van der Waals surface area (Å²) in [6, 6.07) is -0.870. The Morgan fingerprint density at radius 2 is 2.13 bits per heavy atom. The number of carbonyl (C=O) groups is 2. The van der Waals surface area contributed by atoms with Crippen LogP contribution in [0.3, 0.4) is 0 Å².